The summed E-state index contributed by atoms with van der Waals surface area (Å²) < 4.78 is 1.36. The fraction of sp³-hybridized carbons (Fsp3) is 0.700. The van der Waals surface area contributed by atoms with E-state index in [-0.39, 0.29) is 18.1 Å². The monoisotopic (exact) mass is 257 g/mol. The smallest absolute Gasteiger partial charge is 0.330 e. The molecular formula is C10H19N5O3. The van der Waals surface area contributed by atoms with E-state index in [1.807, 2.05) is 19.0 Å². The summed E-state index contributed by atoms with van der Waals surface area (Å²) in [6, 6.07) is 0. The van der Waals surface area contributed by atoms with Crippen LogP contribution in [0, 0.1) is 10.1 Å². The van der Waals surface area contributed by atoms with Crippen molar-refractivity contribution in [3.8, 4) is 0 Å². The minimum absolute atomic E-state index is 0.0989. The molecule has 1 aromatic heterocycles. The highest BCUT2D eigenvalue weighted by Gasteiger charge is 2.24. The van der Waals surface area contributed by atoms with E-state index in [1.54, 1.807) is 14.0 Å². The van der Waals surface area contributed by atoms with Crippen molar-refractivity contribution in [2.75, 3.05) is 32.5 Å². The van der Waals surface area contributed by atoms with Gasteiger partial charge in [0.25, 0.3) is 0 Å². The maximum absolute atomic E-state index is 10.8. The van der Waals surface area contributed by atoms with Gasteiger partial charge in [-0.15, -0.1) is 5.10 Å². The molecule has 0 radical (unpaired) electrons. The highest BCUT2D eigenvalue weighted by Crippen LogP contribution is 2.22. The maximum Gasteiger partial charge on any atom is 0.330 e. The zero-order valence-corrected chi connectivity index (χ0v) is 11.0. The van der Waals surface area contributed by atoms with E-state index in [4.69, 9.17) is 0 Å². The highest BCUT2D eigenvalue weighted by atomic mass is 16.6. The van der Waals surface area contributed by atoms with Gasteiger partial charge in [-0.2, -0.15) is 0 Å². The third kappa shape index (κ3) is 3.97. The molecule has 0 aromatic carbocycles. The summed E-state index contributed by atoms with van der Waals surface area (Å²) in [4.78, 5) is 12.1. The Labute approximate surface area is 105 Å². The lowest BCUT2D eigenvalue weighted by Gasteiger charge is -2.26. The first-order chi connectivity index (χ1) is 8.21. The molecule has 2 N–H and O–H groups in total. The minimum atomic E-state index is -0.991. The summed E-state index contributed by atoms with van der Waals surface area (Å²) >= 11 is 0. The van der Waals surface area contributed by atoms with Crippen molar-refractivity contribution in [1.29, 1.82) is 0 Å². The Balaban J connectivity index is 2.71. The van der Waals surface area contributed by atoms with E-state index in [1.165, 1.54) is 10.9 Å². The Morgan fingerprint density at radius 1 is 1.67 bits per heavy atom. The molecule has 0 aliphatic heterocycles. The van der Waals surface area contributed by atoms with Gasteiger partial charge in [-0.1, -0.05) is 0 Å². The van der Waals surface area contributed by atoms with E-state index in [0.717, 1.165) is 0 Å². The second-order valence-corrected chi connectivity index (χ2v) is 4.88. The fourth-order valence-corrected chi connectivity index (χ4v) is 1.75. The summed E-state index contributed by atoms with van der Waals surface area (Å²) in [6.07, 6.45) is 1.32. The van der Waals surface area contributed by atoms with Crippen molar-refractivity contribution in [3.63, 3.8) is 0 Å². The maximum atomic E-state index is 10.8. The van der Waals surface area contributed by atoms with Crippen LogP contribution in [0.25, 0.3) is 0 Å². The number of nitro groups is 1. The molecule has 0 saturated heterocycles. The number of anilines is 1. The number of aliphatic hydroxyl groups is 1. The van der Waals surface area contributed by atoms with Crippen LogP contribution < -0.4 is 5.32 Å². The van der Waals surface area contributed by atoms with E-state index in [0.29, 0.717) is 6.54 Å². The second kappa shape index (κ2) is 5.32. The molecule has 1 heterocycles. The number of hydrogen-bond acceptors (Lipinski definition) is 6. The van der Waals surface area contributed by atoms with Gasteiger partial charge in [0, 0.05) is 20.1 Å². The summed E-state index contributed by atoms with van der Waals surface area (Å²) in [5.74, 6) is 0.168. The zero-order valence-electron chi connectivity index (χ0n) is 11.0. The van der Waals surface area contributed by atoms with Crippen molar-refractivity contribution in [3.05, 3.63) is 16.3 Å². The molecule has 1 atom stereocenters. The van der Waals surface area contributed by atoms with Crippen LogP contribution >= 0.6 is 0 Å². The Morgan fingerprint density at radius 2 is 2.28 bits per heavy atom. The molecule has 8 nitrogen and oxygen atoms in total. The van der Waals surface area contributed by atoms with Crippen LogP contribution in [0.15, 0.2) is 6.20 Å². The quantitative estimate of drug-likeness (QED) is 0.552. The van der Waals surface area contributed by atoms with Gasteiger partial charge in [0.2, 0.25) is 5.82 Å². The summed E-state index contributed by atoms with van der Waals surface area (Å²) in [6.45, 7) is 2.29. The molecule has 0 aliphatic carbocycles. The van der Waals surface area contributed by atoms with Gasteiger partial charge in [-0.05, 0) is 21.0 Å². The van der Waals surface area contributed by atoms with E-state index < -0.39 is 10.5 Å². The second-order valence-electron chi connectivity index (χ2n) is 4.88. The zero-order chi connectivity index (χ0) is 13.9. The van der Waals surface area contributed by atoms with Gasteiger partial charge in [-0.3, -0.25) is 14.8 Å². The Bertz CT molecular complexity index is 427. The van der Waals surface area contributed by atoms with Crippen LogP contribution in [-0.2, 0) is 7.05 Å². The van der Waals surface area contributed by atoms with E-state index in [2.05, 4.69) is 10.4 Å². The lowest BCUT2D eigenvalue weighted by atomic mass is 10.1. The van der Waals surface area contributed by atoms with Crippen LogP contribution in [0.1, 0.15) is 6.92 Å². The molecule has 0 aliphatic rings. The van der Waals surface area contributed by atoms with E-state index >= 15 is 0 Å². The van der Waals surface area contributed by atoms with Gasteiger partial charge < -0.3 is 15.3 Å². The fourth-order valence-electron chi connectivity index (χ4n) is 1.75. The number of hydrogen-bond donors (Lipinski definition) is 2. The minimum Gasteiger partial charge on any atom is -0.387 e. The van der Waals surface area contributed by atoms with Gasteiger partial charge >= 0.3 is 5.69 Å². The predicted molar refractivity (Wildman–Crippen MR) is 67.5 cm³/mol. The Morgan fingerprint density at radius 3 is 2.78 bits per heavy atom. The summed E-state index contributed by atoms with van der Waals surface area (Å²) in [5, 5.41) is 27.6. The normalized spacial score (nSPS) is 14.6. The van der Waals surface area contributed by atoms with Crippen LogP contribution in [0.5, 0.6) is 0 Å². The molecule has 1 rings (SSSR count). The first-order valence-corrected chi connectivity index (χ1v) is 5.50. The number of aromatic nitrogens is 2. The molecular weight excluding hydrogens is 238 g/mol. The Hall–Kier alpha value is -1.67. The van der Waals surface area contributed by atoms with Crippen LogP contribution in [0.3, 0.4) is 0 Å². The summed E-state index contributed by atoms with van der Waals surface area (Å²) in [5.41, 5.74) is -1.09. The van der Waals surface area contributed by atoms with Crippen molar-refractivity contribution in [2.24, 2.45) is 7.05 Å². The Kier molecular flexibility index (Phi) is 4.25. The van der Waals surface area contributed by atoms with Crippen molar-refractivity contribution < 1.29 is 10.0 Å². The highest BCUT2D eigenvalue weighted by molar-refractivity contribution is 5.54. The molecule has 8 heteroatoms. The first-order valence-electron chi connectivity index (χ1n) is 5.50. The standard InChI is InChI=1S/C10H19N5O3/c1-10(16,7-13(2)3)6-11-9-8(15(17)18)5-14(4)12-9/h5,16H,6-7H2,1-4H3,(H,11,12). The number of likely N-dealkylation sites (N-methyl/N-ethyl adjacent to an activating group) is 1. The topological polar surface area (TPSA) is 96.5 Å². The number of nitrogens with one attached hydrogen (secondary N) is 1. The average molecular weight is 257 g/mol. The number of rotatable bonds is 6. The first kappa shape index (κ1) is 14.4. The van der Waals surface area contributed by atoms with Crippen molar-refractivity contribution >= 4 is 11.5 Å². The molecule has 0 fully saturated rings. The number of nitrogens with zero attached hydrogens (tertiary/aromatic N) is 4. The van der Waals surface area contributed by atoms with Gasteiger partial charge in [-0.25, -0.2) is 0 Å². The largest absolute Gasteiger partial charge is 0.387 e. The molecule has 102 valence electrons. The van der Waals surface area contributed by atoms with Crippen LogP contribution in [-0.4, -0.2) is 57.5 Å². The molecule has 1 unspecified atom stereocenters. The summed E-state index contributed by atoms with van der Waals surface area (Å²) in [7, 11) is 5.30. The van der Waals surface area contributed by atoms with Crippen LogP contribution in [0.4, 0.5) is 11.5 Å². The molecule has 0 spiro atoms. The van der Waals surface area contributed by atoms with Gasteiger partial charge in [0.1, 0.15) is 6.20 Å². The van der Waals surface area contributed by atoms with E-state index in [9.17, 15) is 15.2 Å². The SMILES string of the molecule is CN(C)CC(C)(O)CNc1nn(C)cc1[N+](=O)[O-]. The predicted octanol–water partition coefficient (Wildman–Crippen LogP) is 0.0528. The third-order valence-electron chi connectivity index (χ3n) is 2.30. The van der Waals surface area contributed by atoms with Crippen molar-refractivity contribution in [1.82, 2.24) is 14.7 Å². The molecule has 0 amide bonds. The lowest BCUT2D eigenvalue weighted by molar-refractivity contribution is -0.384. The average Bonchev–Trinajstić information content (AvgIpc) is 2.55. The molecule has 0 bridgehead atoms. The lowest BCUT2D eigenvalue weighted by Crippen LogP contribution is -2.43. The van der Waals surface area contributed by atoms with Crippen LogP contribution in [0.2, 0.25) is 0 Å². The van der Waals surface area contributed by atoms with Crippen molar-refractivity contribution in [2.45, 2.75) is 12.5 Å². The molecule has 1 aromatic rings. The molecule has 18 heavy (non-hydrogen) atoms. The van der Waals surface area contributed by atoms with Gasteiger partial charge in [0.15, 0.2) is 0 Å². The van der Waals surface area contributed by atoms with Gasteiger partial charge in [0.05, 0.1) is 10.5 Å². The third-order valence-corrected chi connectivity index (χ3v) is 2.30. The number of aryl methyl sites for hydroxylation is 1. The molecule has 0 saturated carbocycles.